The second kappa shape index (κ2) is 7.66. The zero-order valence-electron chi connectivity index (χ0n) is 17.3. The quantitative estimate of drug-likeness (QED) is 0.520. The molecule has 4 aromatic rings. The summed E-state index contributed by atoms with van der Waals surface area (Å²) in [6, 6.07) is 4.09. The third kappa shape index (κ3) is 3.66. The van der Waals surface area contributed by atoms with E-state index in [0.29, 0.717) is 42.5 Å². The zero-order valence-corrected chi connectivity index (χ0v) is 17.3. The van der Waals surface area contributed by atoms with Crippen LogP contribution in [-0.2, 0) is 0 Å². The maximum absolute atomic E-state index is 14.6. The summed E-state index contributed by atoms with van der Waals surface area (Å²) in [6.07, 6.45) is 2.89. The Hall–Kier alpha value is -3.89. The van der Waals surface area contributed by atoms with Crippen LogP contribution in [0.15, 0.2) is 35.0 Å². The fourth-order valence-electron chi connectivity index (χ4n) is 3.71. The molecule has 1 aliphatic heterocycles. The first-order valence-electron chi connectivity index (χ1n) is 10.0. The molecule has 0 unspecified atom stereocenters. The molecule has 1 N–H and O–H groups in total. The molecule has 1 saturated heterocycles. The Morgan fingerprint density at radius 2 is 2.12 bits per heavy atom. The molecule has 0 aliphatic carbocycles. The zero-order chi connectivity index (χ0) is 22.4. The van der Waals surface area contributed by atoms with Crippen molar-refractivity contribution in [1.82, 2.24) is 24.6 Å². The van der Waals surface area contributed by atoms with E-state index in [2.05, 4.69) is 25.4 Å². The fraction of sp³-hybridized carbons (Fsp3) is 0.286. The highest BCUT2D eigenvalue weighted by atomic mass is 19.1. The van der Waals surface area contributed by atoms with Crippen molar-refractivity contribution >= 4 is 23.1 Å². The van der Waals surface area contributed by atoms with Crippen LogP contribution in [0, 0.1) is 19.7 Å². The summed E-state index contributed by atoms with van der Waals surface area (Å²) in [5, 5.41) is 7.01. The second-order valence-electron chi connectivity index (χ2n) is 7.62. The molecule has 4 heterocycles. The number of hydrogen-bond acceptors (Lipinski definition) is 7. The summed E-state index contributed by atoms with van der Waals surface area (Å²) in [4.78, 5) is 27.0. The monoisotopic (exact) mass is 439 g/mol. The molecule has 11 heteroatoms. The van der Waals surface area contributed by atoms with Gasteiger partial charge in [0.1, 0.15) is 12.0 Å². The number of anilines is 2. The number of benzene rings is 1. The van der Waals surface area contributed by atoms with Crippen molar-refractivity contribution in [2.24, 2.45) is 0 Å². The highest BCUT2D eigenvalue weighted by molar-refractivity contribution is 6.03. The number of alkyl halides is 1. The lowest BCUT2D eigenvalue weighted by Crippen LogP contribution is -2.20. The minimum atomic E-state index is -0.867. The number of carbonyl (C=O) groups is 1. The van der Waals surface area contributed by atoms with Crippen LogP contribution in [0.5, 0.6) is 0 Å². The molecule has 0 saturated carbocycles. The molecule has 1 fully saturated rings. The van der Waals surface area contributed by atoms with Gasteiger partial charge >= 0.3 is 0 Å². The predicted molar refractivity (Wildman–Crippen MR) is 112 cm³/mol. The average molecular weight is 439 g/mol. The van der Waals surface area contributed by atoms with Crippen molar-refractivity contribution in [2.75, 3.05) is 23.3 Å². The molecule has 0 radical (unpaired) electrons. The van der Waals surface area contributed by atoms with Gasteiger partial charge in [-0.05, 0) is 31.5 Å². The van der Waals surface area contributed by atoms with Gasteiger partial charge in [0.05, 0.1) is 29.3 Å². The van der Waals surface area contributed by atoms with E-state index in [4.69, 9.17) is 4.42 Å². The van der Waals surface area contributed by atoms with Gasteiger partial charge in [-0.1, -0.05) is 0 Å². The number of oxazole rings is 1. The van der Waals surface area contributed by atoms with Gasteiger partial charge in [0.15, 0.2) is 11.7 Å². The largest absolute Gasteiger partial charge is 0.436 e. The molecule has 32 heavy (non-hydrogen) atoms. The van der Waals surface area contributed by atoms with Gasteiger partial charge in [0.2, 0.25) is 5.76 Å². The summed E-state index contributed by atoms with van der Waals surface area (Å²) in [7, 11) is 0. The number of carbonyl (C=O) groups excluding carboxylic acids is 1. The van der Waals surface area contributed by atoms with Crippen LogP contribution in [-0.4, -0.2) is 49.7 Å². The molecule has 1 aromatic carbocycles. The molecule has 1 aliphatic rings. The first-order valence-corrected chi connectivity index (χ1v) is 10.0. The van der Waals surface area contributed by atoms with Gasteiger partial charge in [0, 0.05) is 25.7 Å². The van der Waals surface area contributed by atoms with Crippen LogP contribution >= 0.6 is 0 Å². The fourth-order valence-corrected chi connectivity index (χ4v) is 3.71. The Morgan fingerprint density at radius 1 is 1.28 bits per heavy atom. The summed E-state index contributed by atoms with van der Waals surface area (Å²) in [6.45, 7) is 4.21. The first kappa shape index (κ1) is 20.0. The Kier molecular flexibility index (Phi) is 4.80. The number of aromatic nitrogens is 5. The lowest BCUT2D eigenvalue weighted by atomic mass is 10.1. The van der Waals surface area contributed by atoms with E-state index in [1.165, 1.54) is 22.7 Å². The minimum Gasteiger partial charge on any atom is -0.436 e. The summed E-state index contributed by atoms with van der Waals surface area (Å²) < 4.78 is 34.9. The van der Waals surface area contributed by atoms with Crippen molar-refractivity contribution in [3.8, 4) is 11.4 Å². The third-order valence-electron chi connectivity index (χ3n) is 5.25. The number of fused-ring (bicyclic) bond motifs is 1. The number of nitrogens with one attached hydrogen (secondary N) is 1. The molecular formula is C21H19F2N7O2. The second-order valence-corrected chi connectivity index (χ2v) is 7.62. The third-order valence-corrected chi connectivity index (χ3v) is 5.25. The molecule has 1 atom stereocenters. The normalized spacial score (nSPS) is 16.1. The molecular weight excluding hydrogens is 420 g/mol. The molecule has 0 spiro atoms. The standard InChI is InChI=1S/C21H19F2N7O2/c1-11-18(32-12(2)25-11)20(31)26-14-3-4-17(23)16(7-14)19-27-21-24-8-15(10-30(21)28-19)29-6-5-13(22)9-29/h3-4,7-8,10,13H,5-6,9H2,1-2H3,(H,26,31)/t13-/m1/s1. The van der Waals surface area contributed by atoms with Crippen LogP contribution in [0.3, 0.4) is 0 Å². The van der Waals surface area contributed by atoms with Crippen molar-refractivity contribution in [2.45, 2.75) is 26.4 Å². The van der Waals surface area contributed by atoms with E-state index in [0.717, 1.165) is 0 Å². The SMILES string of the molecule is Cc1nc(C)c(C(=O)Nc2ccc(F)c(-c3nc4ncc(N5CC[C@@H](F)C5)cn4n3)c2)o1. The van der Waals surface area contributed by atoms with Crippen molar-refractivity contribution in [3.05, 3.63) is 53.8 Å². The van der Waals surface area contributed by atoms with Crippen LogP contribution < -0.4 is 10.2 Å². The Labute approximate surface area is 181 Å². The molecule has 0 bridgehead atoms. The predicted octanol–water partition coefficient (Wildman–Crippen LogP) is 3.34. The lowest BCUT2D eigenvalue weighted by molar-refractivity contribution is 0.0994. The topological polar surface area (TPSA) is 101 Å². The van der Waals surface area contributed by atoms with E-state index in [1.807, 2.05) is 4.90 Å². The van der Waals surface area contributed by atoms with Gasteiger partial charge in [0.25, 0.3) is 11.7 Å². The summed E-state index contributed by atoms with van der Waals surface area (Å²) in [5.41, 5.74) is 1.63. The van der Waals surface area contributed by atoms with Crippen LogP contribution in [0.2, 0.25) is 0 Å². The van der Waals surface area contributed by atoms with Gasteiger partial charge in [-0.15, -0.1) is 5.10 Å². The van der Waals surface area contributed by atoms with E-state index < -0.39 is 17.9 Å². The number of aryl methyl sites for hydroxylation is 2. The maximum Gasteiger partial charge on any atom is 0.293 e. The van der Waals surface area contributed by atoms with Crippen LogP contribution in [0.1, 0.15) is 28.6 Å². The Balaban J connectivity index is 1.44. The van der Waals surface area contributed by atoms with E-state index in [9.17, 15) is 13.6 Å². The highest BCUT2D eigenvalue weighted by Gasteiger charge is 2.23. The number of rotatable bonds is 4. The van der Waals surface area contributed by atoms with Gasteiger partial charge in [-0.25, -0.2) is 23.3 Å². The van der Waals surface area contributed by atoms with Crippen molar-refractivity contribution in [1.29, 1.82) is 0 Å². The molecule has 1 amide bonds. The minimum absolute atomic E-state index is 0.0911. The highest BCUT2D eigenvalue weighted by Crippen LogP contribution is 2.26. The smallest absolute Gasteiger partial charge is 0.293 e. The number of hydrogen-bond donors (Lipinski definition) is 1. The molecule has 9 nitrogen and oxygen atoms in total. The van der Waals surface area contributed by atoms with Crippen LogP contribution in [0.25, 0.3) is 17.2 Å². The maximum atomic E-state index is 14.6. The Bertz CT molecular complexity index is 1330. The lowest BCUT2D eigenvalue weighted by Gasteiger charge is -2.16. The molecule has 3 aromatic heterocycles. The average Bonchev–Trinajstić information content (AvgIpc) is 3.46. The van der Waals surface area contributed by atoms with E-state index >= 15 is 0 Å². The Morgan fingerprint density at radius 3 is 2.84 bits per heavy atom. The summed E-state index contributed by atoms with van der Waals surface area (Å²) >= 11 is 0. The molecule has 164 valence electrons. The van der Waals surface area contributed by atoms with E-state index in [-0.39, 0.29) is 22.9 Å². The first-order chi connectivity index (χ1) is 15.4. The molecule has 5 rings (SSSR count). The van der Waals surface area contributed by atoms with Gasteiger partial charge in [-0.2, -0.15) is 4.98 Å². The van der Waals surface area contributed by atoms with Crippen molar-refractivity contribution in [3.63, 3.8) is 0 Å². The summed E-state index contributed by atoms with van der Waals surface area (Å²) in [5.74, 6) is -0.184. The number of halogens is 2. The van der Waals surface area contributed by atoms with E-state index in [1.54, 1.807) is 26.2 Å². The number of amides is 1. The number of nitrogens with zero attached hydrogens (tertiary/aromatic N) is 6. The van der Waals surface area contributed by atoms with Crippen LogP contribution in [0.4, 0.5) is 20.2 Å². The van der Waals surface area contributed by atoms with Gasteiger partial charge in [-0.3, -0.25) is 4.79 Å². The van der Waals surface area contributed by atoms with Gasteiger partial charge < -0.3 is 14.6 Å². The van der Waals surface area contributed by atoms with Crippen molar-refractivity contribution < 1.29 is 18.0 Å².